The summed E-state index contributed by atoms with van der Waals surface area (Å²) in [5.74, 6) is -0.431. The van der Waals surface area contributed by atoms with E-state index in [0.29, 0.717) is 6.54 Å². The Bertz CT molecular complexity index is 778. The van der Waals surface area contributed by atoms with Gasteiger partial charge in [-0.25, -0.2) is 0 Å². The molecule has 1 fully saturated rings. The van der Waals surface area contributed by atoms with Crippen LogP contribution >= 0.6 is 0 Å². The van der Waals surface area contributed by atoms with Crippen LogP contribution < -0.4 is 10.2 Å². The van der Waals surface area contributed by atoms with E-state index in [2.05, 4.69) is 26.1 Å². The monoisotopic (exact) mass is 336 g/mol. The minimum Gasteiger partial charge on any atom is -0.326 e. The van der Waals surface area contributed by atoms with Gasteiger partial charge in [0.25, 0.3) is 0 Å². The molecule has 1 saturated heterocycles. The van der Waals surface area contributed by atoms with Crippen molar-refractivity contribution >= 4 is 23.2 Å². The maximum atomic E-state index is 12.7. The largest absolute Gasteiger partial charge is 0.326 e. The molecule has 25 heavy (non-hydrogen) atoms. The molecule has 2 amide bonds. The molecule has 0 aliphatic carbocycles. The molecular formula is C21H24N2O2. The second kappa shape index (κ2) is 6.71. The van der Waals surface area contributed by atoms with Gasteiger partial charge in [0.15, 0.2) is 0 Å². The van der Waals surface area contributed by atoms with Crippen molar-refractivity contribution in [1.29, 1.82) is 0 Å². The molecule has 1 heterocycles. The van der Waals surface area contributed by atoms with Crippen LogP contribution in [0.15, 0.2) is 54.6 Å². The summed E-state index contributed by atoms with van der Waals surface area (Å²) in [7, 11) is 0. The zero-order valence-electron chi connectivity index (χ0n) is 15.0. The van der Waals surface area contributed by atoms with Gasteiger partial charge in [-0.1, -0.05) is 57.2 Å². The van der Waals surface area contributed by atoms with Crippen LogP contribution in [0.3, 0.4) is 0 Å². The van der Waals surface area contributed by atoms with Gasteiger partial charge in [-0.05, 0) is 29.2 Å². The van der Waals surface area contributed by atoms with E-state index in [0.717, 1.165) is 16.9 Å². The summed E-state index contributed by atoms with van der Waals surface area (Å²) in [6.45, 7) is 6.78. The van der Waals surface area contributed by atoms with Crippen LogP contribution in [0.4, 0.5) is 11.4 Å². The van der Waals surface area contributed by atoms with E-state index < -0.39 is 0 Å². The Hall–Kier alpha value is -2.62. The van der Waals surface area contributed by atoms with E-state index in [-0.39, 0.29) is 29.6 Å². The van der Waals surface area contributed by atoms with Crippen molar-refractivity contribution in [3.8, 4) is 0 Å². The lowest BCUT2D eigenvalue weighted by molar-refractivity contribution is -0.122. The number of carbonyl (C=O) groups excluding carboxylic acids is 2. The summed E-state index contributed by atoms with van der Waals surface area (Å²) in [5.41, 5.74) is 2.70. The molecular weight excluding hydrogens is 312 g/mol. The first kappa shape index (κ1) is 17.2. The zero-order valence-corrected chi connectivity index (χ0v) is 15.0. The Morgan fingerprint density at radius 3 is 2.36 bits per heavy atom. The Morgan fingerprint density at radius 2 is 1.68 bits per heavy atom. The van der Waals surface area contributed by atoms with E-state index in [9.17, 15) is 9.59 Å². The number of amides is 2. The van der Waals surface area contributed by atoms with Gasteiger partial charge in [-0.2, -0.15) is 0 Å². The number of rotatable bonds is 3. The van der Waals surface area contributed by atoms with Crippen molar-refractivity contribution in [2.45, 2.75) is 32.6 Å². The molecule has 4 nitrogen and oxygen atoms in total. The third kappa shape index (κ3) is 3.73. The SMILES string of the molecule is CC(C)(C)c1ccccc1NC(=O)[C@H]1CC(=O)N(c2ccccc2)C1. The highest BCUT2D eigenvalue weighted by molar-refractivity contribution is 6.03. The summed E-state index contributed by atoms with van der Waals surface area (Å²) in [6, 6.07) is 17.4. The van der Waals surface area contributed by atoms with E-state index >= 15 is 0 Å². The van der Waals surface area contributed by atoms with E-state index in [1.807, 2.05) is 54.6 Å². The Morgan fingerprint density at radius 1 is 1.04 bits per heavy atom. The molecule has 1 atom stereocenters. The first-order chi connectivity index (χ1) is 11.9. The number of anilines is 2. The lowest BCUT2D eigenvalue weighted by atomic mass is 9.85. The highest BCUT2D eigenvalue weighted by Gasteiger charge is 2.35. The van der Waals surface area contributed by atoms with Crippen molar-refractivity contribution in [2.75, 3.05) is 16.8 Å². The molecule has 0 aromatic heterocycles. The summed E-state index contributed by atoms with van der Waals surface area (Å²) < 4.78 is 0. The van der Waals surface area contributed by atoms with E-state index in [1.165, 1.54) is 0 Å². The molecule has 0 bridgehead atoms. The summed E-state index contributed by atoms with van der Waals surface area (Å²) in [5, 5.41) is 3.03. The number of benzene rings is 2. The standard InChI is InChI=1S/C21H24N2O2/c1-21(2,3)17-11-7-8-12-18(17)22-20(25)15-13-19(24)23(14-15)16-9-5-4-6-10-16/h4-12,15H,13-14H2,1-3H3,(H,22,25)/t15-/m0/s1. The van der Waals surface area contributed by atoms with Crippen LogP contribution in [0.2, 0.25) is 0 Å². The fourth-order valence-corrected chi connectivity index (χ4v) is 3.22. The normalized spacial score (nSPS) is 17.6. The number of hydrogen-bond acceptors (Lipinski definition) is 2. The van der Waals surface area contributed by atoms with Gasteiger partial charge >= 0.3 is 0 Å². The second-order valence-corrected chi connectivity index (χ2v) is 7.53. The predicted molar refractivity (Wildman–Crippen MR) is 101 cm³/mol. The van der Waals surface area contributed by atoms with Crippen molar-refractivity contribution in [3.05, 3.63) is 60.2 Å². The van der Waals surface area contributed by atoms with Crippen LogP contribution in [0.25, 0.3) is 0 Å². The third-order valence-corrected chi connectivity index (χ3v) is 4.56. The first-order valence-corrected chi connectivity index (χ1v) is 8.62. The van der Waals surface area contributed by atoms with E-state index in [4.69, 9.17) is 0 Å². The number of nitrogens with one attached hydrogen (secondary N) is 1. The molecule has 1 N–H and O–H groups in total. The van der Waals surface area contributed by atoms with Crippen LogP contribution in [0.5, 0.6) is 0 Å². The molecule has 1 aliphatic heterocycles. The highest BCUT2D eigenvalue weighted by atomic mass is 16.2. The molecule has 1 aliphatic rings. The molecule has 2 aromatic carbocycles. The number of carbonyl (C=O) groups is 2. The minimum absolute atomic E-state index is 0.00421. The quantitative estimate of drug-likeness (QED) is 0.922. The van der Waals surface area contributed by atoms with Crippen molar-refractivity contribution in [2.24, 2.45) is 5.92 Å². The molecule has 0 spiro atoms. The maximum absolute atomic E-state index is 12.7. The van der Waals surface area contributed by atoms with Gasteiger partial charge in [0.2, 0.25) is 11.8 Å². The molecule has 0 saturated carbocycles. The van der Waals surface area contributed by atoms with E-state index in [1.54, 1.807) is 4.90 Å². The van der Waals surface area contributed by atoms with Gasteiger partial charge in [-0.15, -0.1) is 0 Å². The number of para-hydroxylation sites is 2. The zero-order chi connectivity index (χ0) is 18.0. The minimum atomic E-state index is -0.333. The fraction of sp³-hybridized carbons (Fsp3) is 0.333. The fourth-order valence-electron chi connectivity index (χ4n) is 3.22. The van der Waals surface area contributed by atoms with Gasteiger partial charge in [0.05, 0.1) is 5.92 Å². The average molecular weight is 336 g/mol. The van der Waals surface area contributed by atoms with Crippen LogP contribution in [-0.2, 0) is 15.0 Å². The Balaban J connectivity index is 1.75. The lowest BCUT2D eigenvalue weighted by Gasteiger charge is -2.23. The van der Waals surface area contributed by atoms with Gasteiger partial charge in [0.1, 0.15) is 0 Å². The second-order valence-electron chi connectivity index (χ2n) is 7.53. The molecule has 2 aromatic rings. The molecule has 130 valence electrons. The molecule has 0 radical (unpaired) electrons. The smallest absolute Gasteiger partial charge is 0.229 e. The van der Waals surface area contributed by atoms with Crippen LogP contribution in [0.1, 0.15) is 32.8 Å². The number of hydrogen-bond donors (Lipinski definition) is 1. The molecule has 4 heteroatoms. The first-order valence-electron chi connectivity index (χ1n) is 8.62. The molecule has 3 rings (SSSR count). The van der Waals surface area contributed by atoms with Gasteiger partial charge in [-0.3, -0.25) is 9.59 Å². The topological polar surface area (TPSA) is 49.4 Å². The van der Waals surface area contributed by atoms with Crippen LogP contribution in [0, 0.1) is 5.92 Å². The van der Waals surface area contributed by atoms with Crippen molar-refractivity contribution in [1.82, 2.24) is 0 Å². The predicted octanol–water partition coefficient (Wildman–Crippen LogP) is 3.98. The Labute approximate surface area is 148 Å². The highest BCUT2D eigenvalue weighted by Crippen LogP contribution is 2.31. The van der Waals surface area contributed by atoms with Crippen molar-refractivity contribution in [3.63, 3.8) is 0 Å². The summed E-state index contributed by atoms with van der Waals surface area (Å²) >= 11 is 0. The van der Waals surface area contributed by atoms with Gasteiger partial charge < -0.3 is 10.2 Å². The Kier molecular flexibility index (Phi) is 4.62. The number of nitrogens with zero attached hydrogens (tertiary/aromatic N) is 1. The van der Waals surface area contributed by atoms with Crippen LogP contribution in [-0.4, -0.2) is 18.4 Å². The molecule has 0 unspecified atom stereocenters. The summed E-state index contributed by atoms with van der Waals surface area (Å²) in [4.78, 5) is 26.7. The van der Waals surface area contributed by atoms with Crippen molar-refractivity contribution < 1.29 is 9.59 Å². The third-order valence-electron chi connectivity index (χ3n) is 4.56. The summed E-state index contributed by atoms with van der Waals surface area (Å²) in [6.07, 6.45) is 0.248. The average Bonchev–Trinajstić information content (AvgIpc) is 2.97. The van der Waals surface area contributed by atoms with Gasteiger partial charge in [0, 0.05) is 24.3 Å². The maximum Gasteiger partial charge on any atom is 0.229 e. The lowest BCUT2D eigenvalue weighted by Crippen LogP contribution is -2.28.